The molecular formula is C16H13NO2S. The van der Waals surface area contributed by atoms with Crippen molar-refractivity contribution in [3.05, 3.63) is 65.2 Å². The molecule has 2 aromatic rings. The summed E-state index contributed by atoms with van der Waals surface area (Å²) in [7, 11) is 0. The average molecular weight is 283 g/mol. The lowest BCUT2D eigenvalue weighted by Gasteiger charge is -2.05. The number of carbonyl (C=O) groups is 1. The SMILES string of the molecule is N#Cc1ccccc1CSc1ccc(CC(=O)O)cc1. The van der Waals surface area contributed by atoms with Crippen molar-refractivity contribution >= 4 is 17.7 Å². The van der Waals surface area contributed by atoms with Crippen LogP contribution < -0.4 is 0 Å². The number of hydrogen-bond acceptors (Lipinski definition) is 3. The van der Waals surface area contributed by atoms with Gasteiger partial charge in [-0.3, -0.25) is 4.79 Å². The fourth-order valence-electron chi connectivity index (χ4n) is 1.79. The molecule has 0 aromatic heterocycles. The lowest BCUT2D eigenvalue weighted by atomic mass is 10.1. The molecule has 0 unspecified atom stereocenters. The van der Waals surface area contributed by atoms with E-state index in [1.165, 1.54) is 0 Å². The number of nitriles is 1. The molecule has 0 aliphatic carbocycles. The normalized spacial score (nSPS) is 9.95. The van der Waals surface area contributed by atoms with Crippen molar-refractivity contribution in [3.8, 4) is 6.07 Å². The summed E-state index contributed by atoms with van der Waals surface area (Å²) in [6.07, 6.45) is 0.0439. The van der Waals surface area contributed by atoms with Crippen LogP contribution in [0.4, 0.5) is 0 Å². The van der Waals surface area contributed by atoms with Crippen LogP contribution in [-0.4, -0.2) is 11.1 Å². The minimum Gasteiger partial charge on any atom is -0.481 e. The third-order valence-electron chi connectivity index (χ3n) is 2.81. The summed E-state index contributed by atoms with van der Waals surface area (Å²) in [5.41, 5.74) is 2.50. The Kier molecular flexibility index (Phi) is 4.80. The van der Waals surface area contributed by atoms with Gasteiger partial charge in [0.2, 0.25) is 0 Å². The van der Waals surface area contributed by atoms with Gasteiger partial charge in [0.1, 0.15) is 0 Å². The summed E-state index contributed by atoms with van der Waals surface area (Å²) < 4.78 is 0. The number of carboxylic acids is 1. The van der Waals surface area contributed by atoms with Gasteiger partial charge >= 0.3 is 5.97 Å². The highest BCUT2D eigenvalue weighted by atomic mass is 32.2. The summed E-state index contributed by atoms with van der Waals surface area (Å²) in [5, 5.41) is 17.7. The second-order valence-corrected chi connectivity index (χ2v) is 5.32. The Balaban J connectivity index is 2.01. The van der Waals surface area contributed by atoms with Crippen LogP contribution in [0.15, 0.2) is 53.4 Å². The number of hydrogen-bond donors (Lipinski definition) is 1. The summed E-state index contributed by atoms with van der Waals surface area (Å²) >= 11 is 1.63. The quantitative estimate of drug-likeness (QED) is 0.853. The first-order valence-electron chi connectivity index (χ1n) is 6.10. The smallest absolute Gasteiger partial charge is 0.307 e. The number of rotatable bonds is 5. The molecule has 0 saturated heterocycles. The van der Waals surface area contributed by atoms with Gasteiger partial charge in [0, 0.05) is 10.6 Å². The number of thioether (sulfide) groups is 1. The van der Waals surface area contributed by atoms with Crippen molar-refractivity contribution in [2.45, 2.75) is 17.1 Å². The van der Waals surface area contributed by atoms with E-state index in [9.17, 15) is 4.79 Å². The van der Waals surface area contributed by atoms with E-state index in [2.05, 4.69) is 6.07 Å². The Morgan fingerprint density at radius 3 is 2.50 bits per heavy atom. The van der Waals surface area contributed by atoms with E-state index in [1.54, 1.807) is 11.8 Å². The predicted molar refractivity (Wildman–Crippen MR) is 78.5 cm³/mol. The minimum absolute atomic E-state index is 0.0439. The van der Waals surface area contributed by atoms with Gasteiger partial charge in [-0.1, -0.05) is 30.3 Å². The summed E-state index contributed by atoms with van der Waals surface area (Å²) in [4.78, 5) is 11.7. The van der Waals surface area contributed by atoms with Gasteiger partial charge in [-0.05, 0) is 29.3 Å². The van der Waals surface area contributed by atoms with E-state index in [1.807, 2.05) is 48.5 Å². The monoisotopic (exact) mass is 283 g/mol. The molecule has 0 bridgehead atoms. The molecule has 0 aliphatic heterocycles. The molecule has 0 amide bonds. The van der Waals surface area contributed by atoms with Crippen LogP contribution in [0.2, 0.25) is 0 Å². The van der Waals surface area contributed by atoms with Crippen LogP contribution in [0.25, 0.3) is 0 Å². The second-order valence-electron chi connectivity index (χ2n) is 4.27. The first kappa shape index (κ1) is 14.2. The van der Waals surface area contributed by atoms with Crippen LogP contribution >= 0.6 is 11.8 Å². The molecule has 4 heteroatoms. The summed E-state index contributed by atoms with van der Waals surface area (Å²) in [5.74, 6) is -0.101. The maximum Gasteiger partial charge on any atom is 0.307 e. The van der Waals surface area contributed by atoms with Crippen LogP contribution in [0.5, 0.6) is 0 Å². The third kappa shape index (κ3) is 3.87. The molecule has 1 N–H and O–H groups in total. The summed E-state index contributed by atoms with van der Waals surface area (Å²) in [6, 6.07) is 17.2. The average Bonchev–Trinajstić information content (AvgIpc) is 2.46. The van der Waals surface area contributed by atoms with Crippen LogP contribution in [0.3, 0.4) is 0 Å². The van der Waals surface area contributed by atoms with Crippen molar-refractivity contribution in [2.75, 3.05) is 0 Å². The van der Waals surface area contributed by atoms with Crippen LogP contribution in [0.1, 0.15) is 16.7 Å². The second kappa shape index (κ2) is 6.78. The van der Waals surface area contributed by atoms with E-state index in [0.717, 1.165) is 21.8 Å². The van der Waals surface area contributed by atoms with Crippen molar-refractivity contribution in [2.24, 2.45) is 0 Å². The van der Waals surface area contributed by atoms with Gasteiger partial charge < -0.3 is 5.11 Å². The Morgan fingerprint density at radius 1 is 1.15 bits per heavy atom. The van der Waals surface area contributed by atoms with Crippen LogP contribution in [-0.2, 0) is 17.0 Å². The molecule has 0 atom stereocenters. The predicted octanol–water partition coefficient (Wildman–Crippen LogP) is 3.48. The molecular weight excluding hydrogens is 270 g/mol. The van der Waals surface area contributed by atoms with Crippen molar-refractivity contribution < 1.29 is 9.90 Å². The Hall–Kier alpha value is -2.25. The van der Waals surface area contributed by atoms with Gasteiger partial charge in [-0.2, -0.15) is 5.26 Å². The Bertz CT molecular complexity index is 644. The number of aliphatic carboxylic acids is 1. The van der Waals surface area contributed by atoms with Gasteiger partial charge in [0.05, 0.1) is 18.1 Å². The fourth-order valence-corrected chi connectivity index (χ4v) is 2.70. The third-order valence-corrected chi connectivity index (χ3v) is 3.87. The van der Waals surface area contributed by atoms with E-state index >= 15 is 0 Å². The number of benzene rings is 2. The molecule has 2 rings (SSSR count). The van der Waals surface area contributed by atoms with Crippen molar-refractivity contribution in [3.63, 3.8) is 0 Å². The van der Waals surface area contributed by atoms with Crippen molar-refractivity contribution in [1.82, 2.24) is 0 Å². The highest BCUT2D eigenvalue weighted by molar-refractivity contribution is 7.98. The molecule has 20 heavy (non-hydrogen) atoms. The van der Waals surface area contributed by atoms with E-state index in [4.69, 9.17) is 10.4 Å². The summed E-state index contributed by atoms with van der Waals surface area (Å²) in [6.45, 7) is 0. The zero-order valence-corrected chi connectivity index (χ0v) is 11.6. The lowest BCUT2D eigenvalue weighted by molar-refractivity contribution is -0.136. The largest absolute Gasteiger partial charge is 0.481 e. The van der Waals surface area contributed by atoms with Gasteiger partial charge in [0.15, 0.2) is 0 Å². The van der Waals surface area contributed by atoms with Gasteiger partial charge in [-0.25, -0.2) is 0 Å². The highest BCUT2D eigenvalue weighted by Crippen LogP contribution is 2.24. The lowest BCUT2D eigenvalue weighted by Crippen LogP contribution is -1.99. The number of nitrogens with zero attached hydrogens (tertiary/aromatic N) is 1. The molecule has 0 fully saturated rings. The molecule has 0 heterocycles. The van der Waals surface area contributed by atoms with E-state index < -0.39 is 5.97 Å². The maximum atomic E-state index is 10.6. The molecule has 0 saturated carbocycles. The zero-order valence-electron chi connectivity index (χ0n) is 10.7. The fraction of sp³-hybridized carbons (Fsp3) is 0.125. The molecule has 0 radical (unpaired) electrons. The van der Waals surface area contributed by atoms with Gasteiger partial charge in [-0.15, -0.1) is 11.8 Å². The molecule has 0 spiro atoms. The molecule has 3 nitrogen and oxygen atoms in total. The van der Waals surface area contributed by atoms with Gasteiger partial charge in [0.25, 0.3) is 0 Å². The number of carboxylic acid groups (broad SMARTS) is 1. The topological polar surface area (TPSA) is 61.1 Å². The Labute approximate surface area is 121 Å². The van der Waals surface area contributed by atoms with E-state index in [-0.39, 0.29) is 6.42 Å². The standard InChI is InChI=1S/C16H13NO2S/c17-10-13-3-1-2-4-14(13)11-20-15-7-5-12(6-8-15)9-16(18)19/h1-8H,9,11H2,(H,18,19). The molecule has 100 valence electrons. The van der Waals surface area contributed by atoms with Crippen LogP contribution in [0, 0.1) is 11.3 Å². The Morgan fingerprint density at radius 2 is 1.85 bits per heavy atom. The minimum atomic E-state index is -0.826. The first-order chi connectivity index (χ1) is 9.69. The first-order valence-corrected chi connectivity index (χ1v) is 7.09. The van der Waals surface area contributed by atoms with Crippen molar-refractivity contribution in [1.29, 1.82) is 5.26 Å². The van der Waals surface area contributed by atoms with E-state index in [0.29, 0.717) is 5.56 Å². The highest BCUT2D eigenvalue weighted by Gasteiger charge is 2.03. The maximum absolute atomic E-state index is 10.6. The molecule has 0 aliphatic rings. The molecule has 2 aromatic carbocycles. The zero-order chi connectivity index (χ0) is 14.4.